The van der Waals surface area contributed by atoms with E-state index in [9.17, 15) is 0 Å². The molecule has 0 bridgehead atoms. The number of benzene rings is 1. The van der Waals surface area contributed by atoms with Crippen molar-refractivity contribution >= 4 is 6.21 Å². The van der Waals surface area contributed by atoms with Crippen molar-refractivity contribution in [1.29, 1.82) is 0 Å². The summed E-state index contributed by atoms with van der Waals surface area (Å²) in [5, 5.41) is 0. The van der Waals surface area contributed by atoms with E-state index in [-0.39, 0.29) is 24.0 Å². The smallest absolute Gasteiger partial charge is 0.173 e. The zero-order chi connectivity index (χ0) is 8.97. The lowest BCUT2D eigenvalue weighted by Gasteiger charge is -2.00. The van der Waals surface area contributed by atoms with Crippen LogP contribution < -0.4 is 28.7 Å². The Hall–Kier alpha value is -0.580. The van der Waals surface area contributed by atoms with E-state index in [1.54, 1.807) is 7.11 Å². The van der Waals surface area contributed by atoms with Crippen LogP contribution in [0, 0.1) is 0 Å². The molecule has 0 spiro atoms. The van der Waals surface area contributed by atoms with E-state index in [0.29, 0.717) is 0 Å². The third-order valence-electron chi connectivity index (χ3n) is 1.54. The predicted molar refractivity (Wildman–Crippen MR) is 50.3 cm³/mol. The highest BCUT2D eigenvalue weighted by atomic mass is 127. The molecule has 1 aromatic rings. The van der Waals surface area contributed by atoms with Gasteiger partial charge in [0.1, 0.15) is 19.8 Å². The van der Waals surface area contributed by atoms with Crippen molar-refractivity contribution in [2.24, 2.45) is 0 Å². The van der Waals surface area contributed by atoms with Crippen molar-refractivity contribution in [3.8, 4) is 5.75 Å². The van der Waals surface area contributed by atoms with Gasteiger partial charge in [0.25, 0.3) is 0 Å². The molecule has 1 rings (SSSR count). The quantitative estimate of drug-likeness (QED) is 0.363. The Bertz CT molecular complexity index is 293. The van der Waals surface area contributed by atoms with E-state index < -0.39 is 0 Å². The fourth-order valence-corrected chi connectivity index (χ4v) is 1.05. The fraction of sp³-hybridized carbons (Fsp3) is 0.300. The summed E-state index contributed by atoms with van der Waals surface area (Å²) >= 11 is 0. The van der Waals surface area contributed by atoms with Crippen LogP contribution >= 0.6 is 0 Å². The van der Waals surface area contributed by atoms with Gasteiger partial charge in [-0.3, -0.25) is 0 Å². The van der Waals surface area contributed by atoms with Gasteiger partial charge >= 0.3 is 0 Å². The van der Waals surface area contributed by atoms with Gasteiger partial charge in [0, 0.05) is 0 Å². The van der Waals surface area contributed by atoms with Gasteiger partial charge in [-0.1, -0.05) is 12.1 Å². The molecule has 0 atom stereocenters. The van der Waals surface area contributed by atoms with Crippen LogP contribution in [0.5, 0.6) is 5.75 Å². The number of hydrogen-bond acceptors (Lipinski definition) is 1. The van der Waals surface area contributed by atoms with Gasteiger partial charge in [-0.2, -0.15) is 0 Å². The average Bonchev–Trinajstić information content (AvgIpc) is 2.04. The van der Waals surface area contributed by atoms with Crippen LogP contribution in [0.25, 0.3) is 0 Å². The minimum atomic E-state index is 0. The molecule has 13 heavy (non-hydrogen) atoms. The lowest BCUT2D eigenvalue weighted by atomic mass is 10.2. The van der Waals surface area contributed by atoms with Crippen LogP contribution in [0.4, 0.5) is 0 Å². The van der Waals surface area contributed by atoms with Crippen molar-refractivity contribution in [1.82, 2.24) is 0 Å². The van der Waals surface area contributed by atoms with E-state index >= 15 is 0 Å². The molecule has 0 amide bonds. The predicted octanol–water partition coefficient (Wildman–Crippen LogP) is -1.61. The number of methoxy groups -OCH3 is 1. The Morgan fingerprint density at radius 2 is 1.85 bits per heavy atom. The van der Waals surface area contributed by atoms with Crippen LogP contribution in [0.15, 0.2) is 24.3 Å². The summed E-state index contributed by atoms with van der Waals surface area (Å²) in [5.74, 6) is 0.909. The van der Waals surface area contributed by atoms with Gasteiger partial charge in [-0.25, -0.2) is 4.58 Å². The molecule has 0 aromatic heterocycles. The number of halogens is 1. The first kappa shape index (κ1) is 12.4. The molecule has 0 radical (unpaired) electrons. The lowest BCUT2D eigenvalue weighted by Crippen LogP contribution is -3.00. The largest absolute Gasteiger partial charge is 1.00 e. The summed E-state index contributed by atoms with van der Waals surface area (Å²) < 4.78 is 7.19. The Morgan fingerprint density at radius 1 is 1.23 bits per heavy atom. The molecule has 0 saturated carbocycles. The summed E-state index contributed by atoms with van der Waals surface area (Å²) in [6, 6.07) is 7.94. The molecule has 0 aliphatic carbocycles. The molecule has 0 aliphatic rings. The SMILES string of the molecule is COc1ccccc1C=[N+](C)C.[I-]. The molecule has 0 fully saturated rings. The van der Waals surface area contributed by atoms with E-state index in [1.807, 2.05) is 49.2 Å². The van der Waals surface area contributed by atoms with Crippen molar-refractivity contribution in [2.45, 2.75) is 0 Å². The van der Waals surface area contributed by atoms with Crippen molar-refractivity contribution in [3.05, 3.63) is 29.8 Å². The van der Waals surface area contributed by atoms with E-state index in [4.69, 9.17) is 4.74 Å². The average molecular weight is 291 g/mol. The summed E-state index contributed by atoms with van der Waals surface area (Å²) in [6.07, 6.45) is 2.03. The van der Waals surface area contributed by atoms with Crippen molar-refractivity contribution < 1.29 is 33.3 Å². The second-order valence-electron chi connectivity index (χ2n) is 2.83. The maximum atomic E-state index is 5.19. The van der Waals surface area contributed by atoms with Crippen molar-refractivity contribution in [2.75, 3.05) is 21.2 Å². The van der Waals surface area contributed by atoms with Gasteiger partial charge in [0.15, 0.2) is 6.21 Å². The van der Waals surface area contributed by atoms with E-state index in [1.165, 1.54) is 0 Å². The second-order valence-corrected chi connectivity index (χ2v) is 2.83. The summed E-state index contributed by atoms with van der Waals surface area (Å²) in [6.45, 7) is 0. The molecular weight excluding hydrogens is 277 g/mol. The highest BCUT2D eigenvalue weighted by Gasteiger charge is 2.00. The van der Waals surface area contributed by atoms with Gasteiger partial charge in [0.05, 0.1) is 12.7 Å². The molecule has 0 N–H and O–H groups in total. The highest BCUT2D eigenvalue weighted by molar-refractivity contribution is 5.79. The molecule has 0 aliphatic heterocycles. The summed E-state index contributed by atoms with van der Waals surface area (Å²) in [5.41, 5.74) is 1.10. The number of rotatable bonds is 2. The molecule has 72 valence electrons. The minimum Gasteiger partial charge on any atom is -1.00 e. The van der Waals surface area contributed by atoms with Crippen LogP contribution in [0.1, 0.15) is 5.56 Å². The van der Waals surface area contributed by atoms with E-state index in [0.717, 1.165) is 11.3 Å². The molecule has 0 saturated heterocycles. The topological polar surface area (TPSA) is 12.2 Å². The fourth-order valence-electron chi connectivity index (χ4n) is 1.05. The first-order chi connectivity index (χ1) is 5.74. The molecule has 0 heterocycles. The highest BCUT2D eigenvalue weighted by Crippen LogP contribution is 2.14. The normalized spacial score (nSPS) is 8.54. The van der Waals surface area contributed by atoms with Gasteiger partial charge < -0.3 is 28.7 Å². The van der Waals surface area contributed by atoms with Crippen LogP contribution in [0.3, 0.4) is 0 Å². The number of nitrogens with zero attached hydrogens (tertiary/aromatic N) is 1. The summed E-state index contributed by atoms with van der Waals surface area (Å²) in [4.78, 5) is 0. The molecular formula is C10H14INO. The Morgan fingerprint density at radius 3 is 2.38 bits per heavy atom. The van der Waals surface area contributed by atoms with Gasteiger partial charge in [-0.15, -0.1) is 0 Å². The first-order valence-corrected chi connectivity index (χ1v) is 3.88. The zero-order valence-electron chi connectivity index (χ0n) is 8.12. The van der Waals surface area contributed by atoms with Gasteiger partial charge in [-0.05, 0) is 12.1 Å². The number of para-hydroxylation sites is 1. The minimum absolute atomic E-state index is 0. The van der Waals surface area contributed by atoms with E-state index in [2.05, 4.69) is 0 Å². The Kier molecular flexibility index (Phi) is 5.70. The molecule has 0 unspecified atom stereocenters. The number of hydrogen-bond donors (Lipinski definition) is 0. The lowest BCUT2D eigenvalue weighted by molar-refractivity contribution is -0.458. The maximum absolute atomic E-state index is 5.19. The molecule has 2 nitrogen and oxygen atoms in total. The van der Waals surface area contributed by atoms with Crippen LogP contribution in [-0.2, 0) is 0 Å². The number of ether oxygens (including phenoxy) is 1. The zero-order valence-corrected chi connectivity index (χ0v) is 10.3. The molecule has 3 heteroatoms. The Labute approximate surface area is 96.3 Å². The Balaban J connectivity index is 0.00000144. The third kappa shape index (κ3) is 3.76. The van der Waals surface area contributed by atoms with Gasteiger partial charge in [0.2, 0.25) is 0 Å². The first-order valence-electron chi connectivity index (χ1n) is 3.88. The van der Waals surface area contributed by atoms with Crippen LogP contribution in [0.2, 0.25) is 0 Å². The standard InChI is InChI=1S/C10H14NO.HI/c1-11(2)8-9-6-4-5-7-10(9)12-3;/h4-8H,1-3H3;1H/q+1;/p-1. The summed E-state index contributed by atoms with van der Waals surface area (Å²) in [7, 11) is 5.67. The van der Waals surface area contributed by atoms with Crippen LogP contribution in [-0.4, -0.2) is 32.0 Å². The van der Waals surface area contributed by atoms with Crippen molar-refractivity contribution in [3.63, 3.8) is 0 Å². The third-order valence-corrected chi connectivity index (χ3v) is 1.54. The maximum Gasteiger partial charge on any atom is 0.173 e. The second kappa shape index (κ2) is 5.96. The monoisotopic (exact) mass is 291 g/mol. The molecule has 1 aromatic carbocycles.